The van der Waals surface area contributed by atoms with Crippen LogP contribution >= 0.6 is 0 Å². The molecule has 0 aliphatic heterocycles. The summed E-state index contributed by atoms with van der Waals surface area (Å²) in [7, 11) is 0. The number of urea groups is 1. The Balaban J connectivity index is 1.56. The lowest BCUT2D eigenvalue weighted by Gasteiger charge is -2.16. The molecule has 24 heavy (non-hydrogen) atoms. The Labute approximate surface area is 141 Å². The summed E-state index contributed by atoms with van der Waals surface area (Å²) in [6.45, 7) is 1.01. The standard InChI is InChI=1S/C19H21N3O2/c20-18(24)21-12-14-6-8-15(9-7-14)17(23)22-13-19(10-11-19)16-4-2-1-3-5-16/h1-9H,10-13H2,(H,22,23)(H3,20,21,24). The van der Waals surface area contributed by atoms with Gasteiger partial charge in [-0.2, -0.15) is 0 Å². The second-order valence-electron chi connectivity index (χ2n) is 6.24. The number of carbonyl (C=O) groups excluding carboxylic acids is 2. The normalized spacial score (nSPS) is 14.7. The van der Waals surface area contributed by atoms with Gasteiger partial charge in [0.05, 0.1) is 0 Å². The lowest BCUT2D eigenvalue weighted by molar-refractivity contribution is 0.0949. The smallest absolute Gasteiger partial charge is 0.312 e. The van der Waals surface area contributed by atoms with E-state index in [1.807, 2.05) is 30.3 Å². The predicted octanol–water partition coefficient (Wildman–Crippen LogP) is 2.32. The molecule has 0 aromatic heterocycles. The zero-order chi connectivity index (χ0) is 17.0. The molecule has 0 saturated heterocycles. The van der Waals surface area contributed by atoms with Gasteiger partial charge in [-0.15, -0.1) is 0 Å². The van der Waals surface area contributed by atoms with Crippen LogP contribution < -0.4 is 16.4 Å². The quantitative estimate of drug-likeness (QED) is 0.762. The third-order valence-corrected chi connectivity index (χ3v) is 4.51. The fraction of sp³-hybridized carbons (Fsp3) is 0.263. The predicted molar refractivity (Wildman–Crippen MR) is 92.6 cm³/mol. The molecular weight excluding hydrogens is 302 g/mol. The Hall–Kier alpha value is -2.82. The molecule has 1 fully saturated rings. The van der Waals surface area contributed by atoms with Gasteiger partial charge >= 0.3 is 6.03 Å². The number of nitrogens with two attached hydrogens (primary N) is 1. The van der Waals surface area contributed by atoms with Crippen LogP contribution in [0.15, 0.2) is 54.6 Å². The Morgan fingerprint density at radius 2 is 1.62 bits per heavy atom. The van der Waals surface area contributed by atoms with Crippen molar-refractivity contribution in [3.05, 3.63) is 71.3 Å². The number of amides is 3. The monoisotopic (exact) mass is 323 g/mol. The van der Waals surface area contributed by atoms with E-state index in [4.69, 9.17) is 5.73 Å². The number of rotatable bonds is 6. The molecule has 1 saturated carbocycles. The highest BCUT2D eigenvalue weighted by molar-refractivity contribution is 5.94. The van der Waals surface area contributed by atoms with Crippen molar-refractivity contribution in [1.82, 2.24) is 10.6 Å². The first-order chi connectivity index (χ1) is 11.6. The fourth-order valence-corrected chi connectivity index (χ4v) is 2.82. The molecule has 5 nitrogen and oxygen atoms in total. The van der Waals surface area contributed by atoms with E-state index in [0.717, 1.165) is 18.4 Å². The van der Waals surface area contributed by atoms with E-state index < -0.39 is 6.03 Å². The van der Waals surface area contributed by atoms with Gasteiger partial charge in [0.25, 0.3) is 5.91 Å². The molecule has 0 atom stereocenters. The van der Waals surface area contributed by atoms with E-state index in [1.54, 1.807) is 12.1 Å². The van der Waals surface area contributed by atoms with Gasteiger partial charge in [-0.3, -0.25) is 4.79 Å². The zero-order valence-electron chi connectivity index (χ0n) is 13.4. The summed E-state index contributed by atoms with van der Waals surface area (Å²) in [5.41, 5.74) is 7.94. The van der Waals surface area contributed by atoms with E-state index in [1.165, 1.54) is 5.56 Å². The van der Waals surface area contributed by atoms with Crippen LogP contribution in [0.1, 0.15) is 34.3 Å². The molecule has 0 unspecified atom stereocenters. The van der Waals surface area contributed by atoms with Gasteiger partial charge < -0.3 is 16.4 Å². The zero-order valence-corrected chi connectivity index (χ0v) is 13.4. The van der Waals surface area contributed by atoms with E-state index in [0.29, 0.717) is 18.7 Å². The Morgan fingerprint density at radius 1 is 0.958 bits per heavy atom. The van der Waals surface area contributed by atoms with Crippen molar-refractivity contribution >= 4 is 11.9 Å². The summed E-state index contributed by atoms with van der Waals surface area (Å²) in [4.78, 5) is 23.0. The first-order valence-electron chi connectivity index (χ1n) is 8.05. The molecule has 0 bridgehead atoms. The summed E-state index contributed by atoms with van der Waals surface area (Å²) < 4.78 is 0. The SMILES string of the molecule is NC(=O)NCc1ccc(C(=O)NCC2(c3ccccc3)CC2)cc1. The molecule has 124 valence electrons. The van der Waals surface area contributed by atoms with Crippen LogP contribution in [-0.2, 0) is 12.0 Å². The summed E-state index contributed by atoms with van der Waals surface area (Å²) in [6.07, 6.45) is 2.21. The summed E-state index contributed by atoms with van der Waals surface area (Å²) in [5.74, 6) is -0.0772. The van der Waals surface area contributed by atoms with E-state index >= 15 is 0 Å². The largest absolute Gasteiger partial charge is 0.352 e. The first kappa shape index (κ1) is 16.1. The van der Waals surface area contributed by atoms with Crippen LogP contribution in [0.4, 0.5) is 4.79 Å². The van der Waals surface area contributed by atoms with Crippen molar-refractivity contribution in [2.24, 2.45) is 5.73 Å². The average Bonchev–Trinajstić information content (AvgIpc) is 3.40. The average molecular weight is 323 g/mol. The minimum Gasteiger partial charge on any atom is -0.352 e. The topological polar surface area (TPSA) is 84.2 Å². The number of carbonyl (C=O) groups is 2. The molecule has 3 rings (SSSR count). The molecule has 4 N–H and O–H groups in total. The second-order valence-corrected chi connectivity index (χ2v) is 6.24. The molecule has 1 aliphatic rings. The maximum absolute atomic E-state index is 12.3. The molecule has 2 aromatic carbocycles. The fourth-order valence-electron chi connectivity index (χ4n) is 2.82. The van der Waals surface area contributed by atoms with Gasteiger partial charge in [-0.25, -0.2) is 4.79 Å². The van der Waals surface area contributed by atoms with Gasteiger partial charge in [0.1, 0.15) is 0 Å². The molecule has 0 radical (unpaired) electrons. The molecule has 0 spiro atoms. The summed E-state index contributed by atoms with van der Waals surface area (Å²) in [5, 5.41) is 5.56. The number of primary amides is 1. The van der Waals surface area contributed by atoms with Crippen LogP contribution in [0, 0.1) is 0 Å². The van der Waals surface area contributed by atoms with Gasteiger partial charge in [0, 0.05) is 24.1 Å². The van der Waals surface area contributed by atoms with Crippen LogP contribution in [0.5, 0.6) is 0 Å². The van der Waals surface area contributed by atoms with Crippen LogP contribution in [0.3, 0.4) is 0 Å². The Bertz CT molecular complexity index is 722. The van der Waals surface area contributed by atoms with Crippen molar-refractivity contribution < 1.29 is 9.59 Å². The summed E-state index contributed by atoms with van der Waals surface area (Å²) in [6, 6.07) is 16.9. The minimum atomic E-state index is -0.563. The maximum Gasteiger partial charge on any atom is 0.312 e. The highest BCUT2D eigenvalue weighted by Crippen LogP contribution is 2.47. The van der Waals surface area contributed by atoms with Crippen LogP contribution in [0.2, 0.25) is 0 Å². The molecule has 3 amide bonds. The molecule has 2 aromatic rings. The first-order valence-corrected chi connectivity index (χ1v) is 8.05. The number of hydrogen-bond donors (Lipinski definition) is 3. The van der Waals surface area contributed by atoms with Gasteiger partial charge in [0.15, 0.2) is 0 Å². The molecule has 0 heterocycles. The van der Waals surface area contributed by atoms with Gasteiger partial charge in [-0.05, 0) is 36.1 Å². The maximum atomic E-state index is 12.3. The summed E-state index contributed by atoms with van der Waals surface area (Å²) >= 11 is 0. The third-order valence-electron chi connectivity index (χ3n) is 4.51. The van der Waals surface area contributed by atoms with Crippen molar-refractivity contribution in [2.45, 2.75) is 24.8 Å². The van der Waals surface area contributed by atoms with E-state index in [-0.39, 0.29) is 11.3 Å². The molecular formula is C19H21N3O2. The lowest BCUT2D eigenvalue weighted by atomic mass is 9.96. The van der Waals surface area contributed by atoms with Gasteiger partial charge in [0.2, 0.25) is 0 Å². The highest BCUT2D eigenvalue weighted by Gasteiger charge is 2.44. The number of hydrogen-bond acceptors (Lipinski definition) is 2. The molecule has 1 aliphatic carbocycles. The van der Waals surface area contributed by atoms with E-state index in [9.17, 15) is 9.59 Å². The van der Waals surface area contributed by atoms with Crippen molar-refractivity contribution in [3.63, 3.8) is 0 Å². The van der Waals surface area contributed by atoms with Crippen molar-refractivity contribution in [2.75, 3.05) is 6.54 Å². The third kappa shape index (κ3) is 3.74. The van der Waals surface area contributed by atoms with Crippen LogP contribution in [-0.4, -0.2) is 18.5 Å². The van der Waals surface area contributed by atoms with Crippen molar-refractivity contribution in [1.29, 1.82) is 0 Å². The van der Waals surface area contributed by atoms with Crippen LogP contribution in [0.25, 0.3) is 0 Å². The lowest BCUT2D eigenvalue weighted by Crippen LogP contribution is -2.32. The highest BCUT2D eigenvalue weighted by atomic mass is 16.2. The second kappa shape index (κ2) is 6.74. The van der Waals surface area contributed by atoms with Crippen molar-refractivity contribution in [3.8, 4) is 0 Å². The number of benzene rings is 2. The Morgan fingerprint density at radius 3 is 2.21 bits per heavy atom. The molecule has 5 heteroatoms. The van der Waals surface area contributed by atoms with E-state index in [2.05, 4.69) is 22.8 Å². The number of nitrogens with one attached hydrogen (secondary N) is 2. The Kier molecular flexibility index (Phi) is 4.51. The van der Waals surface area contributed by atoms with Gasteiger partial charge in [-0.1, -0.05) is 42.5 Å². The minimum absolute atomic E-state index is 0.0772.